The van der Waals surface area contributed by atoms with Gasteiger partial charge < -0.3 is 10.2 Å². The highest BCUT2D eigenvalue weighted by atomic mass is 16.2. The van der Waals surface area contributed by atoms with Crippen molar-refractivity contribution in [3.8, 4) is 0 Å². The van der Waals surface area contributed by atoms with Gasteiger partial charge in [0.1, 0.15) is 5.82 Å². The molecule has 1 aliphatic carbocycles. The van der Waals surface area contributed by atoms with Crippen LogP contribution in [0.25, 0.3) is 0 Å². The number of carbonyl (C=O) groups is 1. The largest absolute Gasteiger partial charge is 0.366 e. The molecule has 0 unspecified atom stereocenters. The molecule has 1 saturated carbocycles. The number of nitrogens with one attached hydrogen (secondary N) is 1. The molecular weight excluding hydrogens is 264 g/mol. The van der Waals surface area contributed by atoms with Gasteiger partial charge in [0.15, 0.2) is 5.69 Å². The molecule has 0 radical (unpaired) electrons. The number of carbonyl (C=O) groups excluding carboxylic acids is 1. The molecule has 2 aromatic rings. The van der Waals surface area contributed by atoms with Gasteiger partial charge in [-0.25, -0.2) is 0 Å². The van der Waals surface area contributed by atoms with Crippen LogP contribution in [-0.4, -0.2) is 34.1 Å². The predicted octanol–water partition coefficient (Wildman–Crippen LogP) is 2.32. The molecule has 1 amide bonds. The van der Waals surface area contributed by atoms with E-state index in [4.69, 9.17) is 0 Å². The van der Waals surface area contributed by atoms with E-state index in [0.29, 0.717) is 18.3 Å². The van der Waals surface area contributed by atoms with Crippen molar-refractivity contribution in [3.05, 3.63) is 53.7 Å². The van der Waals surface area contributed by atoms with Crippen molar-refractivity contribution in [2.75, 3.05) is 12.4 Å². The molecule has 0 spiro atoms. The van der Waals surface area contributed by atoms with Gasteiger partial charge in [-0.15, -0.1) is 10.2 Å². The summed E-state index contributed by atoms with van der Waals surface area (Å²) in [6.07, 6.45) is 2.37. The lowest BCUT2D eigenvalue weighted by molar-refractivity contribution is 0.0778. The Morgan fingerprint density at radius 1 is 1.19 bits per heavy atom. The number of rotatable bonds is 5. The number of nitrogens with zero attached hydrogens (tertiary/aromatic N) is 3. The number of hydrogen-bond acceptors (Lipinski definition) is 4. The fraction of sp³-hybridized carbons (Fsp3) is 0.312. The zero-order chi connectivity index (χ0) is 14.7. The molecule has 0 aliphatic heterocycles. The van der Waals surface area contributed by atoms with Crippen molar-refractivity contribution >= 4 is 11.7 Å². The van der Waals surface area contributed by atoms with E-state index in [9.17, 15) is 4.79 Å². The summed E-state index contributed by atoms with van der Waals surface area (Å²) in [5, 5.41) is 11.3. The summed E-state index contributed by atoms with van der Waals surface area (Å²) in [7, 11) is 1.77. The summed E-state index contributed by atoms with van der Waals surface area (Å²) in [5.41, 5.74) is 1.46. The van der Waals surface area contributed by atoms with E-state index in [1.807, 2.05) is 36.4 Å². The molecule has 5 nitrogen and oxygen atoms in total. The summed E-state index contributed by atoms with van der Waals surface area (Å²) in [5.74, 6) is 0.615. The van der Waals surface area contributed by atoms with E-state index >= 15 is 0 Å². The highest BCUT2D eigenvalue weighted by Gasteiger charge is 2.21. The van der Waals surface area contributed by atoms with Crippen LogP contribution < -0.4 is 5.32 Å². The number of aromatic nitrogens is 2. The van der Waals surface area contributed by atoms with Gasteiger partial charge in [-0.3, -0.25) is 4.79 Å². The van der Waals surface area contributed by atoms with Crippen LogP contribution in [0.4, 0.5) is 5.82 Å². The predicted molar refractivity (Wildman–Crippen MR) is 80.9 cm³/mol. The number of amides is 1. The number of hydrogen-bond donors (Lipinski definition) is 1. The lowest BCUT2D eigenvalue weighted by atomic mass is 10.2. The third-order valence-corrected chi connectivity index (χ3v) is 3.42. The lowest BCUT2D eigenvalue weighted by Gasteiger charge is -2.16. The van der Waals surface area contributed by atoms with Gasteiger partial charge in [0.05, 0.1) is 0 Å². The van der Waals surface area contributed by atoms with Gasteiger partial charge in [0.25, 0.3) is 5.91 Å². The summed E-state index contributed by atoms with van der Waals surface area (Å²) in [6, 6.07) is 14.0. The monoisotopic (exact) mass is 282 g/mol. The van der Waals surface area contributed by atoms with Crippen LogP contribution in [0.5, 0.6) is 0 Å². The molecule has 0 atom stereocenters. The van der Waals surface area contributed by atoms with Crippen molar-refractivity contribution in [2.45, 2.75) is 25.4 Å². The van der Waals surface area contributed by atoms with Crippen LogP contribution >= 0.6 is 0 Å². The van der Waals surface area contributed by atoms with Gasteiger partial charge in [0.2, 0.25) is 0 Å². The van der Waals surface area contributed by atoms with Gasteiger partial charge >= 0.3 is 0 Å². The van der Waals surface area contributed by atoms with E-state index in [-0.39, 0.29) is 5.91 Å². The molecule has 0 bridgehead atoms. The SMILES string of the molecule is CN(Cc1ccccc1)C(=O)c1ccc(NC2CC2)nn1. The van der Waals surface area contributed by atoms with Crippen molar-refractivity contribution in [1.29, 1.82) is 0 Å². The molecule has 3 rings (SSSR count). The summed E-state index contributed by atoms with van der Waals surface area (Å²) >= 11 is 0. The Morgan fingerprint density at radius 3 is 2.57 bits per heavy atom. The van der Waals surface area contributed by atoms with Crippen molar-refractivity contribution in [1.82, 2.24) is 15.1 Å². The Bertz CT molecular complexity index is 608. The first-order valence-corrected chi connectivity index (χ1v) is 7.12. The maximum atomic E-state index is 12.3. The maximum Gasteiger partial charge on any atom is 0.274 e. The van der Waals surface area contributed by atoms with Crippen molar-refractivity contribution in [2.24, 2.45) is 0 Å². The average Bonchev–Trinajstić information content (AvgIpc) is 3.32. The van der Waals surface area contributed by atoms with Crippen molar-refractivity contribution < 1.29 is 4.79 Å². The fourth-order valence-corrected chi connectivity index (χ4v) is 2.08. The second-order valence-electron chi connectivity index (χ2n) is 5.37. The smallest absolute Gasteiger partial charge is 0.274 e. The molecule has 5 heteroatoms. The number of benzene rings is 1. The van der Waals surface area contributed by atoms with Crippen LogP contribution in [0.3, 0.4) is 0 Å². The zero-order valence-electron chi connectivity index (χ0n) is 12.0. The molecular formula is C16H18N4O. The van der Waals surface area contributed by atoms with E-state index in [1.165, 1.54) is 12.8 Å². The Balaban J connectivity index is 1.63. The van der Waals surface area contributed by atoms with Gasteiger partial charge in [-0.05, 0) is 30.5 Å². The second-order valence-corrected chi connectivity index (χ2v) is 5.37. The van der Waals surface area contributed by atoms with Gasteiger partial charge in [0, 0.05) is 19.6 Å². The van der Waals surface area contributed by atoms with Gasteiger partial charge in [-0.2, -0.15) is 0 Å². The lowest BCUT2D eigenvalue weighted by Crippen LogP contribution is -2.27. The first kappa shape index (κ1) is 13.5. The third-order valence-electron chi connectivity index (χ3n) is 3.42. The zero-order valence-corrected chi connectivity index (χ0v) is 12.0. The minimum Gasteiger partial charge on any atom is -0.366 e. The standard InChI is InChI=1S/C16H18N4O/c1-20(11-12-5-3-2-4-6-12)16(21)14-9-10-15(19-18-14)17-13-7-8-13/h2-6,9-10,13H,7-8,11H2,1H3,(H,17,19). The normalized spacial score (nSPS) is 13.8. The molecule has 108 valence electrons. The first-order valence-electron chi connectivity index (χ1n) is 7.12. The van der Waals surface area contributed by atoms with Crippen LogP contribution in [0.15, 0.2) is 42.5 Å². The Morgan fingerprint density at radius 2 is 1.95 bits per heavy atom. The Hall–Kier alpha value is -2.43. The molecule has 1 N–H and O–H groups in total. The first-order chi connectivity index (χ1) is 10.2. The molecule has 1 fully saturated rings. The van der Waals surface area contributed by atoms with E-state index in [2.05, 4.69) is 15.5 Å². The minimum atomic E-state index is -0.121. The van der Waals surface area contributed by atoms with Gasteiger partial charge in [-0.1, -0.05) is 30.3 Å². The molecule has 1 aromatic heterocycles. The molecule has 1 aliphatic rings. The summed E-state index contributed by atoms with van der Waals surface area (Å²) in [6.45, 7) is 0.559. The summed E-state index contributed by atoms with van der Waals surface area (Å²) in [4.78, 5) is 13.9. The van der Waals surface area contributed by atoms with Crippen LogP contribution in [-0.2, 0) is 6.54 Å². The van der Waals surface area contributed by atoms with Crippen LogP contribution in [0.1, 0.15) is 28.9 Å². The number of anilines is 1. The topological polar surface area (TPSA) is 58.1 Å². The highest BCUT2D eigenvalue weighted by Crippen LogP contribution is 2.23. The van der Waals surface area contributed by atoms with E-state index in [0.717, 1.165) is 11.4 Å². The second kappa shape index (κ2) is 5.91. The highest BCUT2D eigenvalue weighted by molar-refractivity contribution is 5.92. The maximum absolute atomic E-state index is 12.3. The quantitative estimate of drug-likeness (QED) is 0.914. The van der Waals surface area contributed by atoms with Crippen LogP contribution in [0.2, 0.25) is 0 Å². The molecule has 1 heterocycles. The van der Waals surface area contributed by atoms with Crippen molar-refractivity contribution in [3.63, 3.8) is 0 Å². The summed E-state index contributed by atoms with van der Waals surface area (Å²) < 4.78 is 0. The molecule has 1 aromatic carbocycles. The fourth-order valence-electron chi connectivity index (χ4n) is 2.08. The Kier molecular flexibility index (Phi) is 3.81. The molecule has 0 saturated heterocycles. The van der Waals surface area contributed by atoms with E-state index < -0.39 is 0 Å². The van der Waals surface area contributed by atoms with E-state index in [1.54, 1.807) is 18.0 Å². The third kappa shape index (κ3) is 3.56. The average molecular weight is 282 g/mol. The Labute approximate surface area is 124 Å². The minimum absolute atomic E-state index is 0.121. The molecule has 21 heavy (non-hydrogen) atoms. The van der Waals surface area contributed by atoms with Crippen LogP contribution in [0, 0.1) is 0 Å².